The van der Waals surface area contributed by atoms with Gasteiger partial charge in [0.05, 0.1) is 6.61 Å². The average molecular weight is 212 g/mol. The third kappa shape index (κ3) is 1.54. The summed E-state index contributed by atoms with van der Waals surface area (Å²) >= 11 is 6.10. The van der Waals surface area contributed by atoms with Gasteiger partial charge >= 0.3 is 0 Å². The smallest absolute Gasteiger partial charge is 0.0685 e. The highest BCUT2D eigenvalue weighted by molar-refractivity contribution is 6.31. The van der Waals surface area contributed by atoms with E-state index in [0.717, 1.165) is 41.0 Å². The lowest BCUT2D eigenvalue weighted by Crippen LogP contribution is -2.19. The normalized spacial score (nSPS) is 20.6. The van der Waals surface area contributed by atoms with Crippen molar-refractivity contribution in [1.29, 1.82) is 0 Å². The van der Waals surface area contributed by atoms with Crippen LogP contribution < -0.4 is 5.73 Å². The van der Waals surface area contributed by atoms with Crippen molar-refractivity contribution < 1.29 is 5.11 Å². The summed E-state index contributed by atoms with van der Waals surface area (Å²) in [6.45, 7) is 0.0488. The summed E-state index contributed by atoms with van der Waals surface area (Å²) in [5.74, 6) is 0. The number of rotatable bonds is 1. The van der Waals surface area contributed by atoms with Gasteiger partial charge in [-0.2, -0.15) is 0 Å². The summed E-state index contributed by atoms with van der Waals surface area (Å²) in [5.41, 5.74) is 9.16. The van der Waals surface area contributed by atoms with Crippen molar-refractivity contribution in [3.63, 3.8) is 0 Å². The molecule has 0 fully saturated rings. The van der Waals surface area contributed by atoms with Crippen molar-refractivity contribution in [2.45, 2.75) is 31.9 Å². The number of halogens is 1. The van der Waals surface area contributed by atoms with Crippen LogP contribution >= 0.6 is 11.6 Å². The highest BCUT2D eigenvalue weighted by Crippen LogP contribution is 2.35. The van der Waals surface area contributed by atoms with Crippen LogP contribution in [0.15, 0.2) is 12.1 Å². The van der Waals surface area contributed by atoms with Gasteiger partial charge in [-0.25, -0.2) is 0 Å². The fourth-order valence-electron chi connectivity index (χ4n) is 2.18. The van der Waals surface area contributed by atoms with Crippen LogP contribution in [0.3, 0.4) is 0 Å². The van der Waals surface area contributed by atoms with E-state index in [0.29, 0.717) is 0 Å². The molecule has 0 aromatic heterocycles. The zero-order chi connectivity index (χ0) is 10.1. The Bertz CT molecular complexity index is 351. The second-order valence-corrected chi connectivity index (χ2v) is 4.16. The van der Waals surface area contributed by atoms with Crippen molar-refractivity contribution in [3.8, 4) is 0 Å². The van der Waals surface area contributed by atoms with Gasteiger partial charge in [0, 0.05) is 11.1 Å². The molecule has 14 heavy (non-hydrogen) atoms. The molecule has 1 aliphatic rings. The van der Waals surface area contributed by atoms with Crippen molar-refractivity contribution in [3.05, 3.63) is 33.8 Å². The van der Waals surface area contributed by atoms with Gasteiger partial charge < -0.3 is 10.8 Å². The van der Waals surface area contributed by atoms with Gasteiger partial charge in [-0.05, 0) is 42.0 Å². The maximum atomic E-state index is 9.20. The number of nitrogens with two attached hydrogens (primary N) is 1. The largest absolute Gasteiger partial charge is 0.392 e. The minimum absolute atomic E-state index is 0.0413. The van der Waals surface area contributed by atoms with E-state index in [1.54, 1.807) is 0 Å². The first-order valence-corrected chi connectivity index (χ1v) is 5.28. The number of aliphatic hydroxyl groups is 1. The van der Waals surface area contributed by atoms with Crippen molar-refractivity contribution in [2.75, 3.05) is 0 Å². The number of hydrogen-bond donors (Lipinski definition) is 2. The highest BCUT2D eigenvalue weighted by Gasteiger charge is 2.21. The Balaban J connectivity index is 2.58. The topological polar surface area (TPSA) is 46.2 Å². The van der Waals surface area contributed by atoms with Crippen molar-refractivity contribution >= 4 is 11.6 Å². The van der Waals surface area contributed by atoms with Gasteiger partial charge in [0.15, 0.2) is 0 Å². The van der Waals surface area contributed by atoms with Crippen LogP contribution in [-0.4, -0.2) is 5.11 Å². The standard InChI is InChI=1S/C11H14ClNO/c12-9-5-4-7(6-14)11-8(9)2-1-3-10(11)13/h4-5,10,14H,1-3,6,13H2/t10-/m0/s1. The van der Waals surface area contributed by atoms with Crippen LogP contribution in [0.5, 0.6) is 0 Å². The fourth-order valence-corrected chi connectivity index (χ4v) is 2.44. The molecule has 1 atom stereocenters. The van der Waals surface area contributed by atoms with E-state index >= 15 is 0 Å². The number of fused-ring (bicyclic) bond motifs is 1. The van der Waals surface area contributed by atoms with E-state index in [4.69, 9.17) is 17.3 Å². The van der Waals surface area contributed by atoms with Gasteiger partial charge in [0.25, 0.3) is 0 Å². The molecule has 2 rings (SSSR count). The second-order valence-electron chi connectivity index (χ2n) is 3.76. The van der Waals surface area contributed by atoms with Gasteiger partial charge in [0.2, 0.25) is 0 Å². The molecule has 0 unspecified atom stereocenters. The van der Waals surface area contributed by atoms with Crippen molar-refractivity contribution in [1.82, 2.24) is 0 Å². The molecule has 0 spiro atoms. The molecule has 3 heteroatoms. The lowest BCUT2D eigenvalue weighted by molar-refractivity contribution is 0.279. The summed E-state index contributed by atoms with van der Waals surface area (Å²) in [6, 6.07) is 3.76. The van der Waals surface area contributed by atoms with E-state index in [9.17, 15) is 5.11 Å². The molecule has 1 aromatic carbocycles. The first kappa shape index (κ1) is 9.97. The molecular weight excluding hydrogens is 198 g/mol. The van der Waals surface area contributed by atoms with Gasteiger partial charge in [-0.15, -0.1) is 0 Å². The summed E-state index contributed by atoms with van der Waals surface area (Å²) in [4.78, 5) is 0. The van der Waals surface area contributed by atoms with Gasteiger partial charge in [-0.1, -0.05) is 17.7 Å². The van der Waals surface area contributed by atoms with E-state index in [2.05, 4.69) is 0 Å². The molecule has 2 nitrogen and oxygen atoms in total. The second kappa shape index (κ2) is 3.89. The first-order chi connectivity index (χ1) is 6.74. The van der Waals surface area contributed by atoms with E-state index < -0.39 is 0 Å². The lowest BCUT2D eigenvalue weighted by Gasteiger charge is -2.25. The third-order valence-corrected chi connectivity index (χ3v) is 3.23. The Morgan fingerprint density at radius 3 is 3.00 bits per heavy atom. The molecule has 0 amide bonds. The monoisotopic (exact) mass is 211 g/mol. The lowest BCUT2D eigenvalue weighted by atomic mass is 9.85. The molecule has 0 bridgehead atoms. The first-order valence-electron chi connectivity index (χ1n) is 4.90. The fraction of sp³-hybridized carbons (Fsp3) is 0.455. The Kier molecular flexibility index (Phi) is 2.77. The Morgan fingerprint density at radius 1 is 1.50 bits per heavy atom. The van der Waals surface area contributed by atoms with Crippen LogP contribution in [-0.2, 0) is 13.0 Å². The van der Waals surface area contributed by atoms with Gasteiger partial charge in [0.1, 0.15) is 0 Å². The zero-order valence-electron chi connectivity index (χ0n) is 7.96. The Morgan fingerprint density at radius 2 is 2.29 bits per heavy atom. The highest BCUT2D eigenvalue weighted by atomic mass is 35.5. The minimum Gasteiger partial charge on any atom is -0.392 e. The van der Waals surface area contributed by atoms with Gasteiger partial charge in [-0.3, -0.25) is 0 Å². The van der Waals surface area contributed by atoms with E-state index in [1.807, 2.05) is 12.1 Å². The average Bonchev–Trinajstić information content (AvgIpc) is 2.20. The summed E-state index contributed by atoms with van der Waals surface area (Å²) in [7, 11) is 0. The Hall–Kier alpha value is -0.570. The molecule has 1 aliphatic carbocycles. The maximum absolute atomic E-state index is 9.20. The number of benzene rings is 1. The van der Waals surface area contributed by atoms with Crippen molar-refractivity contribution in [2.24, 2.45) is 5.73 Å². The molecule has 0 saturated heterocycles. The summed E-state index contributed by atoms with van der Waals surface area (Å²) in [6.07, 6.45) is 3.05. The summed E-state index contributed by atoms with van der Waals surface area (Å²) < 4.78 is 0. The molecule has 3 N–H and O–H groups in total. The van der Waals surface area contributed by atoms with Crippen LogP contribution in [0.2, 0.25) is 5.02 Å². The number of hydrogen-bond acceptors (Lipinski definition) is 2. The predicted octanol–water partition coefficient (Wildman–Crippen LogP) is 2.17. The SMILES string of the molecule is N[C@H]1CCCc2c(Cl)ccc(CO)c21. The third-order valence-electron chi connectivity index (χ3n) is 2.87. The molecular formula is C11H14ClNO. The molecule has 0 heterocycles. The van der Waals surface area contributed by atoms with Crippen LogP contribution in [0.25, 0.3) is 0 Å². The molecule has 0 saturated carbocycles. The molecule has 0 aliphatic heterocycles. The maximum Gasteiger partial charge on any atom is 0.0685 e. The molecule has 0 radical (unpaired) electrons. The molecule has 76 valence electrons. The number of aliphatic hydroxyl groups excluding tert-OH is 1. The van der Waals surface area contributed by atoms with Crippen LogP contribution in [0, 0.1) is 0 Å². The van der Waals surface area contributed by atoms with Crippen LogP contribution in [0.1, 0.15) is 35.6 Å². The zero-order valence-corrected chi connectivity index (χ0v) is 8.72. The van der Waals surface area contributed by atoms with E-state index in [1.165, 1.54) is 0 Å². The minimum atomic E-state index is 0.0413. The predicted molar refractivity (Wildman–Crippen MR) is 57.2 cm³/mol. The quantitative estimate of drug-likeness (QED) is 0.748. The van der Waals surface area contributed by atoms with Crippen LogP contribution in [0.4, 0.5) is 0 Å². The van der Waals surface area contributed by atoms with E-state index in [-0.39, 0.29) is 12.6 Å². The summed E-state index contributed by atoms with van der Waals surface area (Å²) in [5, 5.41) is 9.99. The molecule has 1 aromatic rings. The Labute approximate surface area is 88.7 Å².